The van der Waals surface area contributed by atoms with Crippen LogP contribution in [0.3, 0.4) is 0 Å². The molecule has 0 atom stereocenters. The van der Waals surface area contributed by atoms with E-state index in [1.54, 1.807) is 7.11 Å². The predicted molar refractivity (Wildman–Crippen MR) is 78.2 cm³/mol. The first-order valence-corrected chi connectivity index (χ1v) is 6.86. The number of hydrogen-bond donors (Lipinski definition) is 2. The van der Waals surface area contributed by atoms with Crippen molar-refractivity contribution in [2.75, 3.05) is 27.3 Å². The third kappa shape index (κ3) is 5.59. The maximum Gasteiger partial charge on any atom is 0.123 e. The number of aliphatic hydroxyl groups is 1. The SMILES string of the molecule is COc1cc(CN(C)CCCCCO)ccc1CN. The summed E-state index contributed by atoms with van der Waals surface area (Å²) < 4.78 is 5.35. The molecule has 0 fully saturated rings. The molecule has 108 valence electrons. The van der Waals surface area contributed by atoms with E-state index in [-0.39, 0.29) is 0 Å². The molecule has 0 amide bonds. The van der Waals surface area contributed by atoms with Crippen molar-refractivity contribution < 1.29 is 9.84 Å². The van der Waals surface area contributed by atoms with Gasteiger partial charge in [0.15, 0.2) is 0 Å². The van der Waals surface area contributed by atoms with Crippen molar-refractivity contribution in [1.29, 1.82) is 0 Å². The average molecular weight is 266 g/mol. The van der Waals surface area contributed by atoms with E-state index in [0.29, 0.717) is 13.2 Å². The third-order valence-corrected chi connectivity index (χ3v) is 3.22. The van der Waals surface area contributed by atoms with Crippen LogP contribution in [-0.2, 0) is 13.1 Å². The molecule has 0 bridgehead atoms. The minimum atomic E-state index is 0.293. The lowest BCUT2D eigenvalue weighted by Gasteiger charge is -2.17. The fourth-order valence-corrected chi connectivity index (χ4v) is 2.12. The van der Waals surface area contributed by atoms with Crippen LogP contribution >= 0.6 is 0 Å². The zero-order valence-electron chi connectivity index (χ0n) is 12.1. The highest BCUT2D eigenvalue weighted by Crippen LogP contribution is 2.20. The zero-order valence-corrected chi connectivity index (χ0v) is 12.1. The van der Waals surface area contributed by atoms with Gasteiger partial charge in [-0.15, -0.1) is 0 Å². The number of methoxy groups -OCH3 is 1. The molecule has 0 radical (unpaired) electrons. The molecular formula is C15H26N2O2. The van der Waals surface area contributed by atoms with Crippen molar-refractivity contribution in [3.63, 3.8) is 0 Å². The molecule has 0 saturated carbocycles. The van der Waals surface area contributed by atoms with Gasteiger partial charge in [-0.1, -0.05) is 12.1 Å². The maximum absolute atomic E-state index is 8.74. The highest BCUT2D eigenvalue weighted by atomic mass is 16.5. The monoisotopic (exact) mass is 266 g/mol. The molecule has 0 saturated heterocycles. The second-order valence-corrected chi connectivity index (χ2v) is 4.87. The van der Waals surface area contributed by atoms with Crippen molar-refractivity contribution in [3.05, 3.63) is 29.3 Å². The van der Waals surface area contributed by atoms with Crippen LogP contribution in [0.15, 0.2) is 18.2 Å². The number of unbranched alkanes of at least 4 members (excludes halogenated alkanes) is 2. The zero-order chi connectivity index (χ0) is 14.1. The normalized spacial score (nSPS) is 11.0. The number of rotatable bonds is 9. The largest absolute Gasteiger partial charge is 0.496 e. The summed E-state index contributed by atoms with van der Waals surface area (Å²) >= 11 is 0. The van der Waals surface area contributed by atoms with E-state index in [9.17, 15) is 0 Å². The minimum Gasteiger partial charge on any atom is -0.496 e. The van der Waals surface area contributed by atoms with E-state index in [1.807, 2.05) is 6.07 Å². The second kappa shape index (κ2) is 8.91. The van der Waals surface area contributed by atoms with Crippen molar-refractivity contribution in [2.24, 2.45) is 5.73 Å². The highest BCUT2D eigenvalue weighted by Gasteiger charge is 2.05. The topological polar surface area (TPSA) is 58.7 Å². The highest BCUT2D eigenvalue weighted by molar-refractivity contribution is 5.37. The Balaban J connectivity index is 2.47. The first-order chi connectivity index (χ1) is 9.21. The number of nitrogens with two attached hydrogens (primary N) is 1. The van der Waals surface area contributed by atoms with Gasteiger partial charge in [-0.05, 0) is 44.5 Å². The lowest BCUT2D eigenvalue weighted by molar-refractivity contribution is 0.271. The van der Waals surface area contributed by atoms with Crippen LogP contribution in [0.4, 0.5) is 0 Å². The van der Waals surface area contributed by atoms with Crippen molar-refractivity contribution in [3.8, 4) is 5.75 Å². The summed E-state index contributed by atoms with van der Waals surface area (Å²) in [5, 5.41) is 8.74. The maximum atomic E-state index is 8.74. The molecule has 0 aliphatic heterocycles. The smallest absolute Gasteiger partial charge is 0.123 e. The van der Waals surface area contributed by atoms with Gasteiger partial charge >= 0.3 is 0 Å². The molecule has 0 aliphatic rings. The van der Waals surface area contributed by atoms with Crippen molar-refractivity contribution in [2.45, 2.75) is 32.4 Å². The van der Waals surface area contributed by atoms with Gasteiger partial charge in [-0.25, -0.2) is 0 Å². The molecule has 0 aromatic heterocycles. The van der Waals surface area contributed by atoms with Crippen LogP contribution in [0.5, 0.6) is 5.75 Å². The number of benzene rings is 1. The minimum absolute atomic E-state index is 0.293. The lowest BCUT2D eigenvalue weighted by atomic mass is 10.1. The standard InChI is InChI=1S/C15H26N2O2/c1-17(8-4-3-5-9-18)12-13-6-7-14(11-16)15(10-13)19-2/h6-7,10,18H,3-5,8-9,11-12,16H2,1-2H3. The summed E-state index contributed by atoms with van der Waals surface area (Å²) in [6, 6.07) is 6.20. The van der Waals surface area contributed by atoms with Crippen LogP contribution in [0.25, 0.3) is 0 Å². The number of ether oxygens (including phenoxy) is 1. The molecule has 1 aromatic carbocycles. The molecule has 1 aromatic rings. The Bertz CT molecular complexity index is 369. The van der Waals surface area contributed by atoms with E-state index < -0.39 is 0 Å². The van der Waals surface area contributed by atoms with Crippen LogP contribution in [0.1, 0.15) is 30.4 Å². The van der Waals surface area contributed by atoms with E-state index in [0.717, 1.165) is 43.7 Å². The Morgan fingerprint density at radius 3 is 2.68 bits per heavy atom. The third-order valence-electron chi connectivity index (χ3n) is 3.22. The van der Waals surface area contributed by atoms with E-state index in [1.165, 1.54) is 5.56 Å². The Labute approximate surface area is 116 Å². The van der Waals surface area contributed by atoms with Crippen LogP contribution in [-0.4, -0.2) is 37.3 Å². The van der Waals surface area contributed by atoms with Gasteiger partial charge in [-0.2, -0.15) is 0 Å². The van der Waals surface area contributed by atoms with Gasteiger partial charge < -0.3 is 20.5 Å². The van der Waals surface area contributed by atoms with Crippen LogP contribution in [0, 0.1) is 0 Å². The molecule has 0 aliphatic carbocycles. The summed E-state index contributed by atoms with van der Waals surface area (Å²) in [5.41, 5.74) is 7.93. The predicted octanol–water partition coefficient (Wildman–Crippen LogP) is 1.75. The number of hydrogen-bond acceptors (Lipinski definition) is 4. The van der Waals surface area contributed by atoms with Gasteiger partial charge in [0.25, 0.3) is 0 Å². The fraction of sp³-hybridized carbons (Fsp3) is 0.600. The summed E-state index contributed by atoms with van der Waals surface area (Å²) in [7, 11) is 3.79. The second-order valence-electron chi connectivity index (χ2n) is 4.87. The Kier molecular flexibility index (Phi) is 7.48. The molecule has 19 heavy (non-hydrogen) atoms. The summed E-state index contributed by atoms with van der Waals surface area (Å²) in [5.74, 6) is 0.869. The molecule has 1 rings (SSSR count). The molecule has 0 unspecified atom stereocenters. The van der Waals surface area contributed by atoms with Gasteiger partial charge in [-0.3, -0.25) is 0 Å². The molecule has 4 nitrogen and oxygen atoms in total. The Morgan fingerprint density at radius 2 is 2.05 bits per heavy atom. The van der Waals surface area contributed by atoms with Crippen LogP contribution in [0.2, 0.25) is 0 Å². The van der Waals surface area contributed by atoms with Gasteiger partial charge in [0, 0.05) is 25.3 Å². The van der Waals surface area contributed by atoms with Gasteiger partial charge in [0.2, 0.25) is 0 Å². The van der Waals surface area contributed by atoms with E-state index in [4.69, 9.17) is 15.6 Å². The summed E-state index contributed by atoms with van der Waals surface area (Å²) in [4.78, 5) is 2.29. The molecule has 0 heterocycles. The van der Waals surface area contributed by atoms with Gasteiger partial charge in [0.1, 0.15) is 5.75 Å². The van der Waals surface area contributed by atoms with Crippen LogP contribution < -0.4 is 10.5 Å². The molecule has 0 spiro atoms. The molecule has 4 heteroatoms. The summed E-state index contributed by atoms with van der Waals surface area (Å²) in [6.45, 7) is 2.74. The van der Waals surface area contributed by atoms with Crippen molar-refractivity contribution in [1.82, 2.24) is 4.90 Å². The van der Waals surface area contributed by atoms with Crippen molar-refractivity contribution >= 4 is 0 Å². The first kappa shape index (κ1) is 16.0. The number of nitrogens with zero attached hydrogens (tertiary/aromatic N) is 1. The average Bonchev–Trinajstić information content (AvgIpc) is 2.43. The van der Waals surface area contributed by atoms with E-state index >= 15 is 0 Å². The van der Waals surface area contributed by atoms with E-state index in [2.05, 4.69) is 24.1 Å². The fourth-order valence-electron chi connectivity index (χ4n) is 2.12. The Morgan fingerprint density at radius 1 is 1.26 bits per heavy atom. The first-order valence-electron chi connectivity index (χ1n) is 6.86. The summed E-state index contributed by atoms with van der Waals surface area (Å²) in [6.07, 6.45) is 3.10. The lowest BCUT2D eigenvalue weighted by Crippen LogP contribution is -2.19. The quantitative estimate of drug-likeness (QED) is 0.669. The number of aliphatic hydroxyl groups excluding tert-OH is 1. The Hall–Kier alpha value is -1.10. The molecule has 3 N–H and O–H groups in total. The molecular weight excluding hydrogens is 240 g/mol. The van der Waals surface area contributed by atoms with Gasteiger partial charge in [0.05, 0.1) is 7.11 Å².